The molecule has 0 aliphatic heterocycles. The zero-order valence-corrected chi connectivity index (χ0v) is 20.7. The van der Waals surface area contributed by atoms with Crippen LogP contribution in [0.2, 0.25) is 5.02 Å². The maximum atomic E-state index is 13.4. The van der Waals surface area contributed by atoms with E-state index in [0.29, 0.717) is 30.3 Å². The summed E-state index contributed by atoms with van der Waals surface area (Å²) >= 11 is 6.05. The van der Waals surface area contributed by atoms with Crippen molar-refractivity contribution in [1.29, 1.82) is 0 Å². The Hall–Kier alpha value is -2.92. The lowest BCUT2D eigenvalue weighted by Gasteiger charge is -2.28. The van der Waals surface area contributed by atoms with Crippen LogP contribution >= 0.6 is 11.6 Å². The molecule has 0 saturated heterocycles. The first-order valence-electron chi connectivity index (χ1n) is 11.7. The average molecular weight is 483 g/mol. The number of hydrogen-bond donors (Lipinski definition) is 1. The van der Waals surface area contributed by atoms with Gasteiger partial charge in [-0.2, -0.15) is 0 Å². The van der Waals surface area contributed by atoms with Crippen LogP contribution in [0, 0.1) is 11.7 Å². The lowest BCUT2D eigenvalue weighted by molar-refractivity contribution is -0.137. The monoisotopic (exact) mass is 482 g/mol. The normalized spacial score (nSPS) is 12.1. The second-order valence-electron chi connectivity index (χ2n) is 9.17. The van der Waals surface area contributed by atoms with E-state index in [1.165, 1.54) is 12.1 Å². The summed E-state index contributed by atoms with van der Waals surface area (Å²) in [6.07, 6.45) is 1.41. The van der Waals surface area contributed by atoms with Gasteiger partial charge in [0.25, 0.3) is 0 Å². The van der Waals surface area contributed by atoms with Crippen LogP contribution in [0.4, 0.5) is 10.2 Å². The number of anilines is 1. The highest BCUT2D eigenvalue weighted by Crippen LogP contribution is 2.28. The molecule has 6 heteroatoms. The molecule has 3 rings (SSSR count). The molecule has 0 aliphatic rings. The smallest absolute Gasteiger partial charge is 0.304 e. The van der Waals surface area contributed by atoms with E-state index in [2.05, 4.69) is 24.8 Å². The number of aromatic nitrogens is 1. The summed E-state index contributed by atoms with van der Waals surface area (Å²) in [5.74, 6) is -0.0734. The van der Waals surface area contributed by atoms with E-state index in [9.17, 15) is 14.3 Å². The van der Waals surface area contributed by atoms with Crippen molar-refractivity contribution in [2.45, 2.75) is 52.5 Å². The molecular weight excluding hydrogens is 451 g/mol. The summed E-state index contributed by atoms with van der Waals surface area (Å²) in [6.45, 7) is 7.64. The number of pyridine rings is 1. The molecule has 0 fully saturated rings. The molecule has 0 spiro atoms. The van der Waals surface area contributed by atoms with Crippen LogP contribution in [0.1, 0.15) is 61.9 Å². The quantitative estimate of drug-likeness (QED) is 0.317. The van der Waals surface area contributed by atoms with Crippen molar-refractivity contribution < 1.29 is 14.3 Å². The van der Waals surface area contributed by atoms with Gasteiger partial charge >= 0.3 is 5.97 Å². The van der Waals surface area contributed by atoms with Gasteiger partial charge < -0.3 is 10.0 Å². The van der Waals surface area contributed by atoms with Crippen LogP contribution < -0.4 is 4.90 Å². The van der Waals surface area contributed by atoms with E-state index < -0.39 is 5.97 Å². The van der Waals surface area contributed by atoms with Crippen molar-refractivity contribution in [3.8, 4) is 0 Å². The van der Waals surface area contributed by atoms with Crippen LogP contribution in [-0.2, 0) is 17.8 Å². The van der Waals surface area contributed by atoms with E-state index in [4.69, 9.17) is 16.6 Å². The summed E-state index contributed by atoms with van der Waals surface area (Å²) in [5.41, 5.74) is 3.97. The Morgan fingerprint density at radius 1 is 1.03 bits per heavy atom. The third-order valence-corrected chi connectivity index (χ3v) is 5.99. The number of carboxylic acids is 1. The summed E-state index contributed by atoms with van der Waals surface area (Å²) < 4.78 is 13.4. The molecule has 34 heavy (non-hydrogen) atoms. The van der Waals surface area contributed by atoms with Crippen molar-refractivity contribution in [2.75, 3.05) is 11.4 Å². The van der Waals surface area contributed by atoms with Crippen molar-refractivity contribution in [1.82, 2.24) is 4.98 Å². The standard InChI is InChI=1S/C28H32ClFN2O2/c1-4-23(16-28(33)34)26-14-22(13-20-5-9-24(29)10-6-20)15-27(31-26)32(17-19(2)3)18-21-7-11-25(30)12-8-21/h5-12,14-15,19,23H,4,13,16-18H2,1-3H3,(H,33,34). The van der Waals surface area contributed by atoms with Gasteiger partial charge in [-0.25, -0.2) is 9.37 Å². The number of benzene rings is 2. The Morgan fingerprint density at radius 3 is 2.26 bits per heavy atom. The van der Waals surface area contributed by atoms with Gasteiger partial charge in [0.2, 0.25) is 0 Å². The zero-order valence-electron chi connectivity index (χ0n) is 20.0. The lowest BCUT2D eigenvalue weighted by Crippen LogP contribution is -2.28. The van der Waals surface area contributed by atoms with Crippen molar-refractivity contribution in [3.63, 3.8) is 0 Å². The highest BCUT2D eigenvalue weighted by Gasteiger charge is 2.19. The molecule has 2 aromatic carbocycles. The lowest BCUT2D eigenvalue weighted by atomic mass is 9.95. The largest absolute Gasteiger partial charge is 0.481 e. The Labute approximate surface area is 206 Å². The number of hydrogen-bond acceptors (Lipinski definition) is 3. The van der Waals surface area contributed by atoms with Crippen LogP contribution in [0.25, 0.3) is 0 Å². The first-order valence-corrected chi connectivity index (χ1v) is 12.1. The highest BCUT2D eigenvalue weighted by molar-refractivity contribution is 6.30. The van der Waals surface area contributed by atoms with Gasteiger partial charge in [0.1, 0.15) is 11.6 Å². The predicted octanol–water partition coefficient (Wildman–Crippen LogP) is 7.10. The van der Waals surface area contributed by atoms with E-state index in [0.717, 1.165) is 34.7 Å². The minimum absolute atomic E-state index is 0.0372. The number of nitrogens with zero attached hydrogens (tertiary/aromatic N) is 2. The van der Waals surface area contributed by atoms with E-state index in [1.807, 2.05) is 37.3 Å². The third kappa shape index (κ3) is 7.56. The first-order chi connectivity index (χ1) is 16.2. The molecule has 3 aromatic rings. The van der Waals surface area contributed by atoms with E-state index in [-0.39, 0.29) is 18.2 Å². The number of rotatable bonds is 11. The molecule has 0 amide bonds. The Bertz CT molecular complexity index is 1080. The summed E-state index contributed by atoms with van der Waals surface area (Å²) in [6, 6.07) is 18.4. The average Bonchev–Trinajstić information content (AvgIpc) is 2.79. The van der Waals surface area contributed by atoms with Crippen molar-refractivity contribution in [2.24, 2.45) is 5.92 Å². The molecule has 0 saturated carbocycles. The maximum Gasteiger partial charge on any atom is 0.304 e. The van der Waals surface area contributed by atoms with Crippen molar-refractivity contribution >= 4 is 23.4 Å². The predicted molar refractivity (Wildman–Crippen MR) is 136 cm³/mol. The Morgan fingerprint density at radius 2 is 1.68 bits per heavy atom. The molecule has 0 bridgehead atoms. The molecule has 1 heterocycles. The zero-order chi connectivity index (χ0) is 24.7. The molecule has 0 radical (unpaired) electrons. The van der Waals surface area contributed by atoms with Gasteiger partial charge in [0, 0.05) is 29.7 Å². The Balaban J connectivity index is 2.02. The molecular formula is C28H32ClFN2O2. The highest BCUT2D eigenvalue weighted by atomic mass is 35.5. The second kappa shape index (κ2) is 12.0. The molecule has 180 valence electrons. The Kier molecular flexibility index (Phi) is 9.05. The van der Waals surface area contributed by atoms with E-state index >= 15 is 0 Å². The fourth-order valence-electron chi connectivity index (χ4n) is 4.06. The molecule has 4 nitrogen and oxygen atoms in total. The molecule has 1 N–H and O–H groups in total. The van der Waals surface area contributed by atoms with Crippen molar-refractivity contribution in [3.05, 3.63) is 93.9 Å². The fraction of sp³-hybridized carbons (Fsp3) is 0.357. The molecule has 1 unspecified atom stereocenters. The van der Waals surface area contributed by atoms with Gasteiger partial charge in [0.15, 0.2) is 0 Å². The minimum Gasteiger partial charge on any atom is -0.481 e. The number of aliphatic carboxylic acids is 1. The summed E-state index contributed by atoms with van der Waals surface area (Å²) in [5, 5.41) is 10.1. The van der Waals surface area contributed by atoms with Gasteiger partial charge in [-0.3, -0.25) is 4.79 Å². The van der Waals surface area contributed by atoms with Gasteiger partial charge in [0.05, 0.1) is 6.42 Å². The van der Waals surface area contributed by atoms with Gasteiger partial charge in [-0.1, -0.05) is 56.6 Å². The minimum atomic E-state index is -0.830. The van der Waals surface area contributed by atoms with E-state index in [1.54, 1.807) is 12.1 Å². The van der Waals surface area contributed by atoms with Crippen LogP contribution in [0.15, 0.2) is 60.7 Å². The summed E-state index contributed by atoms with van der Waals surface area (Å²) in [4.78, 5) is 18.6. The summed E-state index contributed by atoms with van der Waals surface area (Å²) in [7, 11) is 0. The number of carboxylic acid groups (broad SMARTS) is 1. The third-order valence-electron chi connectivity index (χ3n) is 5.74. The molecule has 0 aliphatic carbocycles. The molecule has 1 atom stereocenters. The van der Waals surface area contributed by atoms with Crippen LogP contribution in [-0.4, -0.2) is 22.6 Å². The van der Waals surface area contributed by atoms with Crippen LogP contribution in [0.3, 0.4) is 0 Å². The number of carbonyl (C=O) groups is 1. The topological polar surface area (TPSA) is 53.4 Å². The first kappa shape index (κ1) is 25.7. The number of halogens is 2. The maximum absolute atomic E-state index is 13.4. The van der Waals surface area contributed by atoms with Gasteiger partial charge in [-0.05, 0) is 71.8 Å². The molecule has 1 aromatic heterocycles. The second-order valence-corrected chi connectivity index (χ2v) is 9.60. The SMILES string of the molecule is CCC(CC(=O)O)c1cc(Cc2ccc(Cl)cc2)cc(N(Cc2ccc(F)cc2)CC(C)C)n1. The van der Waals surface area contributed by atoms with Crippen LogP contribution in [0.5, 0.6) is 0 Å². The fourth-order valence-corrected chi connectivity index (χ4v) is 4.19. The van der Waals surface area contributed by atoms with Gasteiger partial charge in [-0.15, -0.1) is 0 Å².